The highest BCUT2D eigenvalue weighted by Gasteiger charge is 2.26. The molecule has 0 bridgehead atoms. The van der Waals surface area contributed by atoms with Gasteiger partial charge < -0.3 is 10.5 Å². The molecule has 17 heavy (non-hydrogen) atoms. The maximum absolute atomic E-state index is 6.25. The van der Waals surface area contributed by atoms with Gasteiger partial charge in [-0.2, -0.15) is 0 Å². The molecule has 0 amide bonds. The first-order valence-corrected chi connectivity index (χ1v) is 7.69. The van der Waals surface area contributed by atoms with Crippen molar-refractivity contribution < 1.29 is 4.74 Å². The van der Waals surface area contributed by atoms with Gasteiger partial charge in [0.25, 0.3) is 0 Å². The van der Waals surface area contributed by atoms with E-state index in [2.05, 4.69) is 6.92 Å². The largest absolute Gasteiger partial charge is 0.375 e. The van der Waals surface area contributed by atoms with E-state index in [-0.39, 0.29) is 0 Å². The molecular formula is C15H29NO. The summed E-state index contributed by atoms with van der Waals surface area (Å²) in [6.07, 6.45) is 13.9. The number of hydrogen-bond donors (Lipinski definition) is 1. The molecule has 0 heterocycles. The van der Waals surface area contributed by atoms with E-state index in [4.69, 9.17) is 10.5 Å². The van der Waals surface area contributed by atoms with Crippen LogP contribution in [0.4, 0.5) is 0 Å². The number of rotatable bonds is 4. The lowest BCUT2D eigenvalue weighted by Gasteiger charge is -2.34. The van der Waals surface area contributed by atoms with Gasteiger partial charge in [0.1, 0.15) is 0 Å². The van der Waals surface area contributed by atoms with Crippen LogP contribution in [0.1, 0.15) is 71.1 Å². The van der Waals surface area contributed by atoms with Gasteiger partial charge in [0, 0.05) is 6.04 Å². The quantitative estimate of drug-likeness (QED) is 0.813. The second-order valence-corrected chi connectivity index (χ2v) is 6.10. The Hall–Kier alpha value is -0.0800. The van der Waals surface area contributed by atoms with Gasteiger partial charge in [0.2, 0.25) is 0 Å². The standard InChI is InChI=1S/C15H29NO/c1-2-3-12-4-8-14(9-5-12)17-15-10-6-13(16)7-11-15/h12-15H,2-11,16H2,1H3. The van der Waals surface area contributed by atoms with Gasteiger partial charge in [-0.25, -0.2) is 0 Å². The average molecular weight is 239 g/mol. The Morgan fingerprint density at radius 1 is 0.882 bits per heavy atom. The zero-order valence-electron chi connectivity index (χ0n) is 11.4. The molecule has 2 rings (SSSR count). The van der Waals surface area contributed by atoms with Gasteiger partial charge in [0.05, 0.1) is 12.2 Å². The zero-order chi connectivity index (χ0) is 12.1. The summed E-state index contributed by atoms with van der Waals surface area (Å²) >= 11 is 0. The van der Waals surface area contributed by atoms with Crippen molar-refractivity contribution in [1.29, 1.82) is 0 Å². The lowest BCUT2D eigenvalue weighted by molar-refractivity contribution is -0.0529. The topological polar surface area (TPSA) is 35.2 Å². The normalized spacial score (nSPS) is 39.2. The van der Waals surface area contributed by atoms with Crippen molar-refractivity contribution in [3.8, 4) is 0 Å². The molecule has 2 heteroatoms. The SMILES string of the molecule is CCCC1CCC(OC2CCC(N)CC2)CC1. The Bertz CT molecular complexity index is 203. The minimum atomic E-state index is 0.440. The molecule has 0 aromatic carbocycles. The molecule has 0 aliphatic heterocycles. The summed E-state index contributed by atoms with van der Waals surface area (Å²) in [5, 5.41) is 0. The zero-order valence-corrected chi connectivity index (χ0v) is 11.4. The third-order valence-corrected chi connectivity index (χ3v) is 4.59. The Kier molecular flexibility index (Phi) is 5.30. The Morgan fingerprint density at radius 3 is 1.94 bits per heavy atom. The summed E-state index contributed by atoms with van der Waals surface area (Å²) in [4.78, 5) is 0. The van der Waals surface area contributed by atoms with E-state index in [0.29, 0.717) is 18.2 Å². The van der Waals surface area contributed by atoms with Crippen LogP contribution in [-0.2, 0) is 4.74 Å². The van der Waals surface area contributed by atoms with E-state index in [1.807, 2.05) is 0 Å². The first kappa shape index (κ1) is 13.4. The molecule has 2 N–H and O–H groups in total. The molecule has 2 aliphatic carbocycles. The maximum atomic E-state index is 6.25. The van der Waals surface area contributed by atoms with Gasteiger partial charge in [0.15, 0.2) is 0 Å². The number of nitrogens with two attached hydrogens (primary N) is 1. The van der Waals surface area contributed by atoms with Crippen LogP contribution in [0.2, 0.25) is 0 Å². The Labute approximate surface area is 106 Å². The van der Waals surface area contributed by atoms with E-state index in [0.717, 1.165) is 18.8 Å². The van der Waals surface area contributed by atoms with Crippen molar-refractivity contribution in [2.75, 3.05) is 0 Å². The van der Waals surface area contributed by atoms with Gasteiger partial charge in [-0.15, -0.1) is 0 Å². The number of hydrogen-bond acceptors (Lipinski definition) is 2. The summed E-state index contributed by atoms with van der Waals surface area (Å²) < 4.78 is 6.25. The molecule has 0 aromatic rings. The summed E-state index contributed by atoms with van der Waals surface area (Å²) in [5.41, 5.74) is 5.93. The molecule has 0 radical (unpaired) electrons. The van der Waals surface area contributed by atoms with Gasteiger partial charge >= 0.3 is 0 Å². The highest BCUT2D eigenvalue weighted by atomic mass is 16.5. The summed E-state index contributed by atoms with van der Waals surface area (Å²) in [5.74, 6) is 0.986. The second kappa shape index (κ2) is 6.75. The van der Waals surface area contributed by atoms with E-state index in [1.54, 1.807) is 0 Å². The minimum Gasteiger partial charge on any atom is -0.375 e. The smallest absolute Gasteiger partial charge is 0.0580 e. The molecule has 0 saturated heterocycles. The lowest BCUT2D eigenvalue weighted by atomic mass is 9.84. The van der Waals surface area contributed by atoms with E-state index in [1.165, 1.54) is 51.4 Å². The molecule has 2 fully saturated rings. The molecule has 0 atom stereocenters. The predicted molar refractivity (Wildman–Crippen MR) is 72.0 cm³/mol. The predicted octanol–water partition coefficient (Wildman–Crippen LogP) is 3.63. The van der Waals surface area contributed by atoms with Crippen LogP contribution in [-0.4, -0.2) is 18.2 Å². The van der Waals surface area contributed by atoms with Crippen molar-refractivity contribution in [2.24, 2.45) is 11.7 Å². The lowest BCUT2D eigenvalue weighted by Crippen LogP contribution is -2.33. The minimum absolute atomic E-state index is 0.440. The van der Waals surface area contributed by atoms with E-state index >= 15 is 0 Å². The summed E-state index contributed by atoms with van der Waals surface area (Å²) in [7, 11) is 0. The first-order chi connectivity index (χ1) is 8.28. The molecule has 2 saturated carbocycles. The third-order valence-electron chi connectivity index (χ3n) is 4.59. The first-order valence-electron chi connectivity index (χ1n) is 7.69. The average Bonchev–Trinajstić information content (AvgIpc) is 2.35. The highest BCUT2D eigenvalue weighted by Crippen LogP contribution is 2.31. The van der Waals surface area contributed by atoms with Crippen LogP contribution in [0.5, 0.6) is 0 Å². The van der Waals surface area contributed by atoms with Crippen LogP contribution in [0.25, 0.3) is 0 Å². The van der Waals surface area contributed by atoms with E-state index < -0.39 is 0 Å². The van der Waals surface area contributed by atoms with Gasteiger partial charge in [-0.1, -0.05) is 19.8 Å². The molecule has 0 unspecified atom stereocenters. The van der Waals surface area contributed by atoms with Crippen molar-refractivity contribution in [1.82, 2.24) is 0 Å². The Balaban J connectivity index is 1.64. The molecule has 0 aromatic heterocycles. The number of ether oxygens (including phenoxy) is 1. The molecule has 2 aliphatic rings. The van der Waals surface area contributed by atoms with Crippen LogP contribution >= 0.6 is 0 Å². The molecule has 2 nitrogen and oxygen atoms in total. The van der Waals surface area contributed by atoms with Crippen LogP contribution in [0.3, 0.4) is 0 Å². The fraction of sp³-hybridized carbons (Fsp3) is 1.00. The van der Waals surface area contributed by atoms with Crippen LogP contribution in [0, 0.1) is 5.92 Å². The van der Waals surface area contributed by atoms with Crippen molar-refractivity contribution >= 4 is 0 Å². The monoisotopic (exact) mass is 239 g/mol. The van der Waals surface area contributed by atoms with Crippen molar-refractivity contribution in [3.63, 3.8) is 0 Å². The maximum Gasteiger partial charge on any atom is 0.0580 e. The van der Waals surface area contributed by atoms with Crippen molar-refractivity contribution in [2.45, 2.75) is 89.4 Å². The summed E-state index contributed by atoms with van der Waals surface area (Å²) in [6.45, 7) is 2.30. The van der Waals surface area contributed by atoms with Crippen LogP contribution < -0.4 is 5.73 Å². The fourth-order valence-electron chi connectivity index (χ4n) is 3.46. The summed E-state index contributed by atoms with van der Waals surface area (Å²) in [6, 6.07) is 0.440. The van der Waals surface area contributed by atoms with E-state index in [9.17, 15) is 0 Å². The van der Waals surface area contributed by atoms with Crippen molar-refractivity contribution in [3.05, 3.63) is 0 Å². The van der Waals surface area contributed by atoms with Gasteiger partial charge in [-0.3, -0.25) is 0 Å². The molecule has 100 valence electrons. The molecule has 0 spiro atoms. The van der Waals surface area contributed by atoms with Gasteiger partial charge in [-0.05, 0) is 57.3 Å². The molecular weight excluding hydrogens is 210 g/mol. The van der Waals surface area contributed by atoms with Crippen LogP contribution in [0.15, 0.2) is 0 Å². The second-order valence-electron chi connectivity index (χ2n) is 6.10. The fourth-order valence-corrected chi connectivity index (χ4v) is 3.46. The highest BCUT2D eigenvalue weighted by molar-refractivity contribution is 4.78. The third kappa shape index (κ3) is 4.26. The Morgan fingerprint density at radius 2 is 1.41 bits per heavy atom.